The van der Waals surface area contributed by atoms with Crippen LogP contribution in [-0.4, -0.2) is 35.5 Å². The Morgan fingerprint density at radius 3 is 2.52 bits per heavy atom. The minimum absolute atomic E-state index is 0.0844. The lowest BCUT2D eigenvalue weighted by atomic mass is 9.95. The van der Waals surface area contributed by atoms with Gasteiger partial charge in [-0.25, -0.2) is 4.79 Å². The minimum atomic E-state index is -0.924. The van der Waals surface area contributed by atoms with Crippen LogP contribution >= 0.6 is 0 Å². The van der Waals surface area contributed by atoms with Crippen LogP contribution in [0.25, 0.3) is 11.1 Å². The molecule has 1 heterocycles. The van der Waals surface area contributed by atoms with Crippen molar-refractivity contribution in [3.8, 4) is 11.1 Å². The van der Waals surface area contributed by atoms with Gasteiger partial charge in [0.05, 0.1) is 5.56 Å². The van der Waals surface area contributed by atoms with Crippen LogP contribution in [0.5, 0.6) is 0 Å². The van der Waals surface area contributed by atoms with Crippen LogP contribution in [0.4, 0.5) is 0 Å². The number of amides is 1. The molecule has 4 nitrogen and oxygen atoms in total. The van der Waals surface area contributed by atoms with Gasteiger partial charge in [0.2, 0.25) is 5.91 Å². The van der Waals surface area contributed by atoms with E-state index in [4.69, 9.17) is 5.11 Å². The third kappa shape index (κ3) is 3.26. The van der Waals surface area contributed by atoms with Crippen LogP contribution in [0, 0.1) is 5.92 Å². The first-order valence-corrected chi connectivity index (χ1v) is 7.72. The number of likely N-dealkylation sites (tertiary alicyclic amines) is 1. The number of carbonyl (C=O) groups excluding carboxylic acids is 1. The Kier molecular flexibility index (Phi) is 4.15. The number of nitrogens with zero attached hydrogens (tertiary/aromatic N) is 1. The van der Waals surface area contributed by atoms with Gasteiger partial charge in [-0.3, -0.25) is 4.79 Å². The van der Waals surface area contributed by atoms with E-state index in [0.29, 0.717) is 0 Å². The van der Waals surface area contributed by atoms with Crippen LogP contribution in [0.3, 0.4) is 0 Å². The minimum Gasteiger partial charge on any atom is -0.478 e. The summed E-state index contributed by atoms with van der Waals surface area (Å²) >= 11 is 0. The normalized spacial score (nSPS) is 17.5. The van der Waals surface area contributed by atoms with Gasteiger partial charge in [0.1, 0.15) is 0 Å². The highest BCUT2D eigenvalue weighted by Gasteiger charge is 2.28. The summed E-state index contributed by atoms with van der Waals surface area (Å²) in [6.45, 7) is 0.837. The van der Waals surface area contributed by atoms with Crippen LogP contribution in [0.1, 0.15) is 22.3 Å². The molecule has 3 rings (SSSR count). The standard InChI is InChI=1S/C19H19NO3/c1-20-10-9-16(18(20)21)11-13-5-7-14(8-6-13)15-3-2-4-17(12-15)19(22)23/h2-8,12,16H,9-11H2,1H3,(H,22,23)/t16-/m1/s1. The lowest BCUT2D eigenvalue weighted by Gasteiger charge is -2.11. The molecular formula is C19H19NO3. The highest BCUT2D eigenvalue weighted by atomic mass is 16.4. The molecule has 0 unspecified atom stereocenters. The predicted octanol–water partition coefficient (Wildman–Crippen LogP) is 3.07. The lowest BCUT2D eigenvalue weighted by Crippen LogP contribution is -2.23. The van der Waals surface area contributed by atoms with Crippen molar-refractivity contribution in [1.29, 1.82) is 0 Å². The van der Waals surface area contributed by atoms with E-state index >= 15 is 0 Å². The molecule has 1 amide bonds. The van der Waals surface area contributed by atoms with Gasteiger partial charge in [0, 0.05) is 19.5 Å². The summed E-state index contributed by atoms with van der Waals surface area (Å²) in [6, 6.07) is 14.9. The summed E-state index contributed by atoms with van der Waals surface area (Å²) in [6.07, 6.45) is 1.68. The molecule has 23 heavy (non-hydrogen) atoms. The van der Waals surface area contributed by atoms with E-state index in [-0.39, 0.29) is 17.4 Å². The van der Waals surface area contributed by atoms with E-state index in [0.717, 1.165) is 36.1 Å². The van der Waals surface area contributed by atoms with E-state index in [1.807, 2.05) is 37.4 Å². The average Bonchev–Trinajstić information content (AvgIpc) is 2.88. The zero-order valence-electron chi connectivity index (χ0n) is 13.0. The number of carboxylic acids is 1. The fourth-order valence-corrected chi connectivity index (χ4v) is 3.03. The van der Waals surface area contributed by atoms with Gasteiger partial charge in [-0.15, -0.1) is 0 Å². The maximum atomic E-state index is 12.0. The predicted molar refractivity (Wildman–Crippen MR) is 88.3 cm³/mol. The molecule has 0 aromatic heterocycles. The van der Waals surface area contributed by atoms with Crippen molar-refractivity contribution in [3.05, 3.63) is 59.7 Å². The Morgan fingerprint density at radius 2 is 1.91 bits per heavy atom. The number of carbonyl (C=O) groups is 2. The van der Waals surface area contributed by atoms with Crippen molar-refractivity contribution in [2.24, 2.45) is 5.92 Å². The lowest BCUT2D eigenvalue weighted by molar-refractivity contribution is -0.129. The Labute approximate surface area is 135 Å². The van der Waals surface area contributed by atoms with E-state index in [9.17, 15) is 9.59 Å². The molecular weight excluding hydrogens is 290 g/mol. The van der Waals surface area contributed by atoms with E-state index in [1.54, 1.807) is 23.1 Å². The van der Waals surface area contributed by atoms with Crippen molar-refractivity contribution in [1.82, 2.24) is 4.90 Å². The first kappa shape index (κ1) is 15.3. The maximum Gasteiger partial charge on any atom is 0.335 e. The first-order valence-electron chi connectivity index (χ1n) is 7.72. The number of hydrogen-bond donors (Lipinski definition) is 1. The zero-order chi connectivity index (χ0) is 16.4. The molecule has 1 saturated heterocycles. The SMILES string of the molecule is CN1CC[C@H](Cc2ccc(-c3cccc(C(=O)O)c3)cc2)C1=O. The summed E-state index contributed by atoms with van der Waals surface area (Å²) in [4.78, 5) is 24.8. The summed E-state index contributed by atoms with van der Waals surface area (Å²) in [5.74, 6) is -0.614. The molecule has 1 N–H and O–H groups in total. The van der Waals surface area contributed by atoms with Crippen molar-refractivity contribution in [3.63, 3.8) is 0 Å². The van der Waals surface area contributed by atoms with Crippen molar-refractivity contribution in [2.75, 3.05) is 13.6 Å². The van der Waals surface area contributed by atoms with Crippen LogP contribution in [0.2, 0.25) is 0 Å². The van der Waals surface area contributed by atoms with Gasteiger partial charge in [0.15, 0.2) is 0 Å². The molecule has 1 aliphatic rings. The van der Waals surface area contributed by atoms with Gasteiger partial charge in [-0.1, -0.05) is 36.4 Å². The smallest absolute Gasteiger partial charge is 0.335 e. The first-order chi connectivity index (χ1) is 11.0. The number of hydrogen-bond acceptors (Lipinski definition) is 2. The Balaban J connectivity index is 1.76. The molecule has 4 heteroatoms. The molecule has 0 bridgehead atoms. The monoisotopic (exact) mass is 309 g/mol. The van der Waals surface area contributed by atoms with Crippen LogP contribution in [-0.2, 0) is 11.2 Å². The molecule has 0 spiro atoms. The summed E-state index contributed by atoms with van der Waals surface area (Å²) in [7, 11) is 1.85. The second-order valence-corrected chi connectivity index (χ2v) is 6.03. The van der Waals surface area contributed by atoms with Gasteiger partial charge >= 0.3 is 5.97 Å². The van der Waals surface area contributed by atoms with Gasteiger partial charge in [-0.2, -0.15) is 0 Å². The summed E-state index contributed by atoms with van der Waals surface area (Å²) in [5, 5.41) is 9.07. The molecule has 2 aromatic rings. The van der Waals surface area contributed by atoms with E-state index in [1.165, 1.54) is 0 Å². The van der Waals surface area contributed by atoms with Crippen molar-refractivity contribution in [2.45, 2.75) is 12.8 Å². The highest BCUT2D eigenvalue weighted by molar-refractivity contribution is 5.89. The molecule has 0 radical (unpaired) electrons. The number of benzene rings is 2. The van der Waals surface area contributed by atoms with Crippen molar-refractivity contribution < 1.29 is 14.7 Å². The molecule has 2 aromatic carbocycles. The van der Waals surface area contributed by atoms with Gasteiger partial charge < -0.3 is 10.0 Å². The van der Waals surface area contributed by atoms with E-state index < -0.39 is 5.97 Å². The Morgan fingerprint density at radius 1 is 1.17 bits per heavy atom. The topological polar surface area (TPSA) is 57.6 Å². The second kappa shape index (κ2) is 6.24. The molecule has 0 saturated carbocycles. The summed E-state index contributed by atoms with van der Waals surface area (Å²) < 4.78 is 0. The molecule has 118 valence electrons. The fraction of sp³-hybridized carbons (Fsp3) is 0.263. The molecule has 1 fully saturated rings. The quantitative estimate of drug-likeness (QED) is 0.944. The second-order valence-electron chi connectivity index (χ2n) is 6.03. The highest BCUT2D eigenvalue weighted by Crippen LogP contribution is 2.24. The fourth-order valence-electron chi connectivity index (χ4n) is 3.03. The molecule has 1 atom stereocenters. The van der Waals surface area contributed by atoms with E-state index in [2.05, 4.69) is 0 Å². The Hall–Kier alpha value is -2.62. The third-order valence-electron chi connectivity index (χ3n) is 4.42. The van der Waals surface area contributed by atoms with Gasteiger partial charge in [-0.05, 0) is 41.7 Å². The number of carboxylic acid groups (broad SMARTS) is 1. The van der Waals surface area contributed by atoms with Gasteiger partial charge in [0.25, 0.3) is 0 Å². The number of aromatic carboxylic acids is 1. The Bertz CT molecular complexity index is 737. The number of rotatable bonds is 4. The molecule has 1 aliphatic heterocycles. The van der Waals surface area contributed by atoms with Crippen LogP contribution < -0.4 is 0 Å². The van der Waals surface area contributed by atoms with Crippen molar-refractivity contribution >= 4 is 11.9 Å². The van der Waals surface area contributed by atoms with Crippen LogP contribution in [0.15, 0.2) is 48.5 Å². The largest absolute Gasteiger partial charge is 0.478 e. The maximum absolute atomic E-state index is 12.0. The zero-order valence-corrected chi connectivity index (χ0v) is 13.0. The average molecular weight is 309 g/mol. The molecule has 0 aliphatic carbocycles. The third-order valence-corrected chi connectivity index (χ3v) is 4.42. The summed E-state index contributed by atoms with van der Waals surface area (Å²) in [5.41, 5.74) is 3.28.